The molecule has 0 aliphatic heterocycles. The summed E-state index contributed by atoms with van der Waals surface area (Å²) >= 11 is 0. The molecule has 0 aromatic heterocycles. The molecule has 10 nitrogen and oxygen atoms in total. The largest absolute Gasteiger partial charge is 0.350 e. The number of sulfone groups is 1. The number of carbonyl (C=O) groups is 4. The SMILES string of the molecule is CS(=O)(=O)C[C@H](NC(=O)C1CC1)C(=O)N[C@@H](CCC(=O)C=N)C(=O)NCc1ccc(F)cc1. The molecule has 0 spiro atoms. The molecule has 0 heterocycles. The fourth-order valence-electron chi connectivity index (χ4n) is 2.94. The maximum atomic E-state index is 13.0. The van der Waals surface area contributed by atoms with Crippen molar-refractivity contribution in [1.82, 2.24) is 16.0 Å². The van der Waals surface area contributed by atoms with Crippen molar-refractivity contribution >= 4 is 39.6 Å². The van der Waals surface area contributed by atoms with Crippen molar-refractivity contribution in [3.8, 4) is 0 Å². The van der Waals surface area contributed by atoms with Crippen LogP contribution in [0.3, 0.4) is 0 Å². The summed E-state index contributed by atoms with van der Waals surface area (Å²) in [7, 11) is -3.65. The van der Waals surface area contributed by atoms with Crippen molar-refractivity contribution in [3.05, 3.63) is 35.6 Å². The lowest BCUT2D eigenvalue weighted by Gasteiger charge is -2.23. The monoisotopic (exact) mass is 482 g/mol. The van der Waals surface area contributed by atoms with Crippen LogP contribution in [0, 0.1) is 17.1 Å². The molecule has 2 atom stereocenters. The molecular weight excluding hydrogens is 455 g/mol. The third-order valence-corrected chi connectivity index (χ3v) is 5.84. The fourth-order valence-corrected chi connectivity index (χ4v) is 3.78. The van der Waals surface area contributed by atoms with Crippen molar-refractivity contribution in [2.24, 2.45) is 5.92 Å². The van der Waals surface area contributed by atoms with Crippen molar-refractivity contribution < 1.29 is 32.0 Å². The van der Waals surface area contributed by atoms with E-state index in [-0.39, 0.29) is 25.3 Å². The van der Waals surface area contributed by atoms with Gasteiger partial charge in [-0.3, -0.25) is 19.2 Å². The first-order valence-corrected chi connectivity index (χ1v) is 12.4. The zero-order chi connectivity index (χ0) is 24.6. The number of nitrogens with one attached hydrogen (secondary N) is 4. The van der Waals surface area contributed by atoms with Crippen LogP contribution in [0.5, 0.6) is 0 Å². The van der Waals surface area contributed by atoms with Gasteiger partial charge in [0, 0.05) is 25.1 Å². The highest BCUT2D eigenvalue weighted by atomic mass is 32.2. The van der Waals surface area contributed by atoms with Crippen molar-refractivity contribution in [1.29, 1.82) is 5.41 Å². The molecular formula is C21H27FN4O6S. The Morgan fingerprint density at radius 1 is 1.09 bits per heavy atom. The topological polar surface area (TPSA) is 162 Å². The molecule has 0 radical (unpaired) electrons. The Kier molecular flexibility index (Phi) is 9.21. The van der Waals surface area contributed by atoms with Gasteiger partial charge in [0.1, 0.15) is 27.7 Å². The van der Waals surface area contributed by atoms with Gasteiger partial charge in [0.2, 0.25) is 17.7 Å². The lowest BCUT2D eigenvalue weighted by Crippen LogP contribution is -2.55. The van der Waals surface area contributed by atoms with Crippen LogP contribution >= 0.6 is 0 Å². The first-order chi connectivity index (χ1) is 15.5. The molecule has 1 aliphatic carbocycles. The molecule has 0 saturated heterocycles. The number of benzene rings is 1. The van der Waals surface area contributed by atoms with E-state index < -0.39 is 57.0 Å². The van der Waals surface area contributed by atoms with Gasteiger partial charge in [-0.1, -0.05) is 12.1 Å². The molecule has 1 aliphatic rings. The fraction of sp³-hybridized carbons (Fsp3) is 0.476. The summed E-state index contributed by atoms with van der Waals surface area (Å²) in [5, 5.41) is 14.4. The molecule has 0 bridgehead atoms. The van der Waals surface area contributed by atoms with E-state index in [0.29, 0.717) is 24.6 Å². The zero-order valence-electron chi connectivity index (χ0n) is 18.1. The second-order valence-electron chi connectivity index (χ2n) is 7.98. The third-order valence-electron chi connectivity index (χ3n) is 4.90. The average Bonchev–Trinajstić information content (AvgIpc) is 3.59. The highest BCUT2D eigenvalue weighted by Gasteiger charge is 2.35. The Balaban J connectivity index is 2.09. The Labute approximate surface area is 191 Å². The number of carbonyl (C=O) groups excluding carboxylic acids is 4. The quantitative estimate of drug-likeness (QED) is 0.286. The van der Waals surface area contributed by atoms with Gasteiger partial charge < -0.3 is 21.4 Å². The van der Waals surface area contributed by atoms with Gasteiger partial charge in [-0.25, -0.2) is 12.8 Å². The Hall–Kier alpha value is -3.15. The number of rotatable bonds is 13. The van der Waals surface area contributed by atoms with Gasteiger partial charge in [0.05, 0.1) is 12.0 Å². The minimum absolute atomic E-state index is 0.0230. The van der Waals surface area contributed by atoms with E-state index >= 15 is 0 Å². The van der Waals surface area contributed by atoms with Crippen molar-refractivity contribution in [2.75, 3.05) is 12.0 Å². The standard InChI is InChI=1S/C21H27FN4O6S/c1-33(31,32)12-18(26-19(28)14-4-5-14)21(30)25-17(9-8-16(27)10-23)20(29)24-11-13-2-6-15(22)7-3-13/h2-3,6-7,10,14,17-18,23H,4-5,8-9,11-12H2,1H3,(H,24,29)(H,25,30)(H,26,28)/t17-,18-/m0/s1. The molecule has 33 heavy (non-hydrogen) atoms. The van der Waals surface area contributed by atoms with Gasteiger partial charge in [-0.15, -0.1) is 0 Å². The highest BCUT2D eigenvalue weighted by Crippen LogP contribution is 2.28. The van der Waals surface area contributed by atoms with Crippen LogP contribution in [0.15, 0.2) is 24.3 Å². The first kappa shape index (κ1) is 26.1. The molecule has 2 rings (SSSR count). The van der Waals surface area contributed by atoms with Gasteiger partial charge in [0.15, 0.2) is 5.78 Å². The summed E-state index contributed by atoms with van der Waals surface area (Å²) in [5.74, 6) is -3.88. The molecule has 1 fully saturated rings. The second-order valence-corrected chi connectivity index (χ2v) is 10.2. The Bertz CT molecular complexity index is 1010. The minimum Gasteiger partial charge on any atom is -0.350 e. The lowest BCUT2D eigenvalue weighted by atomic mass is 10.1. The van der Waals surface area contributed by atoms with E-state index in [1.54, 1.807) is 0 Å². The van der Waals surface area contributed by atoms with E-state index in [9.17, 15) is 32.0 Å². The molecule has 0 unspecified atom stereocenters. The summed E-state index contributed by atoms with van der Waals surface area (Å²) in [6.45, 7) is 0.0230. The molecule has 4 N–H and O–H groups in total. The first-order valence-electron chi connectivity index (χ1n) is 10.3. The molecule has 1 saturated carbocycles. The van der Waals surface area contributed by atoms with Gasteiger partial charge in [-0.05, 0) is 37.0 Å². The normalized spacial score (nSPS) is 15.1. The van der Waals surface area contributed by atoms with Crippen LogP contribution in [-0.4, -0.2) is 62.2 Å². The molecule has 180 valence electrons. The smallest absolute Gasteiger partial charge is 0.244 e. The van der Waals surface area contributed by atoms with E-state index in [0.717, 1.165) is 6.26 Å². The molecule has 1 aromatic carbocycles. The van der Waals surface area contributed by atoms with Crippen molar-refractivity contribution in [2.45, 2.75) is 44.3 Å². The van der Waals surface area contributed by atoms with E-state index in [4.69, 9.17) is 5.41 Å². The summed E-state index contributed by atoms with van der Waals surface area (Å²) in [6.07, 6.45) is 2.48. The van der Waals surface area contributed by atoms with E-state index in [2.05, 4.69) is 16.0 Å². The van der Waals surface area contributed by atoms with E-state index in [1.165, 1.54) is 24.3 Å². The van der Waals surface area contributed by atoms with Crippen LogP contribution in [0.1, 0.15) is 31.2 Å². The number of hydrogen-bond acceptors (Lipinski definition) is 7. The number of halogens is 1. The predicted octanol–water partition coefficient (Wildman–Crippen LogP) is -0.135. The maximum absolute atomic E-state index is 13.0. The molecule has 1 aromatic rings. The summed E-state index contributed by atoms with van der Waals surface area (Å²) in [5.41, 5.74) is 0.594. The number of ketones is 1. The summed E-state index contributed by atoms with van der Waals surface area (Å²) < 4.78 is 36.6. The lowest BCUT2D eigenvalue weighted by molar-refractivity contribution is -0.132. The average molecular weight is 483 g/mol. The number of amides is 3. The van der Waals surface area contributed by atoms with Crippen LogP contribution in [-0.2, 0) is 35.6 Å². The number of Topliss-reactive ketones (excluding diaryl/α,β-unsaturated/α-hetero) is 1. The molecule has 3 amide bonds. The van der Waals surface area contributed by atoms with E-state index in [1.807, 2.05) is 0 Å². The van der Waals surface area contributed by atoms with Crippen molar-refractivity contribution in [3.63, 3.8) is 0 Å². The summed E-state index contributed by atoms with van der Waals surface area (Å²) in [4.78, 5) is 49.1. The minimum atomic E-state index is -3.65. The van der Waals surface area contributed by atoms with Crippen LogP contribution in [0.2, 0.25) is 0 Å². The highest BCUT2D eigenvalue weighted by molar-refractivity contribution is 7.90. The summed E-state index contributed by atoms with van der Waals surface area (Å²) in [6, 6.07) is 2.76. The second kappa shape index (κ2) is 11.6. The number of hydrogen-bond donors (Lipinski definition) is 4. The Morgan fingerprint density at radius 2 is 1.73 bits per heavy atom. The van der Waals surface area contributed by atoms with Crippen LogP contribution in [0.4, 0.5) is 4.39 Å². The third kappa shape index (κ3) is 9.48. The van der Waals surface area contributed by atoms with Gasteiger partial charge >= 0.3 is 0 Å². The molecule has 12 heteroatoms. The van der Waals surface area contributed by atoms with Crippen LogP contribution < -0.4 is 16.0 Å². The predicted molar refractivity (Wildman–Crippen MR) is 118 cm³/mol. The Morgan fingerprint density at radius 3 is 2.27 bits per heavy atom. The van der Waals surface area contributed by atoms with Crippen LogP contribution in [0.25, 0.3) is 0 Å². The van der Waals surface area contributed by atoms with Gasteiger partial charge in [0.25, 0.3) is 0 Å². The zero-order valence-corrected chi connectivity index (χ0v) is 18.9. The maximum Gasteiger partial charge on any atom is 0.244 e. The van der Waals surface area contributed by atoms with Gasteiger partial charge in [-0.2, -0.15) is 0 Å².